The summed E-state index contributed by atoms with van der Waals surface area (Å²) in [5, 5.41) is 5.20. The molecular formula is C22H25N3O3S. The predicted octanol–water partition coefficient (Wildman–Crippen LogP) is 4.18. The molecule has 0 spiro atoms. The van der Waals surface area contributed by atoms with Crippen LogP contribution in [0.5, 0.6) is 5.75 Å². The van der Waals surface area contributed by atoms with Gasteiger partial charge in [0.1, 0.15) is 11.9 Å². The first-order chi connectivity index (χ1) is 14.0. The molecule has 2 aromatic carbocycles. The Balaban J connectivity index is 1.81. The van der Waals surface area contributed by atoms with E-state index in [9.17, 15) is 4.79 Å². The molecule has 3 rings (SSSR count). The second kappa shape index (κ2) is 10.0. The average molecular weight is 412 g/mol. The van der Waals surface area contributed by atoms with E-state index in [1.807, 2.05) is 48.7 Å². The summed E-state index contributed by atoms with van der Waals surface area (Å²) in [5.74, 6) is 0.419. The summed E-state index contributed by atoms with van der Waals surface area (Å²) in [6.07, 6.45) is 3.04. The molecule has 1 aromatic heterocycles. The van der Waals surface area contributed by atoms with Gasteiger partial charge in [-0.15, -0.1) is 11.3 Å². The van der Waals surface area contributed by atoms with Gasteiger partial charge in [0.25, 0.3) is 5.91 Å². The van der Waals surface area contributed by atoms with Crippen LogP contribution >= 0.6 is 11.3 Å². The van der Waals surface area contributed by atoms with E-state index in [4.69, 9.17) is 15.2 Å². The molecule has 7 heteroatoms. The van der Waals surface area contributed by atoms with Gasteiger partial charge in [-0.05, 0) is 55.2 Å². The zero-order valence-corrected chi connectivity index (χ0v) is 17.4. The summed E-state index contributed by atoms with van der Waals surface area (Å²) in [7, 11) is 1.63. The first kappa shape index (κ1) is 20.8. The minimum Gasteiger partial charge on any atom is -0.488 e. The Labute approximate surface area is 174 Å². The van der Waals surface area contributed by atoms with Crippen LogP contribution in [0.3, 0.4) is 0 Å². The van der Waals surface area contributed by atoms with E-state index in [0.29, 0.717) is 23.1 Å². The smallest absolute Gasteiger partial charge is 0.257 e. The summed E-state index contributed by atoms with van der Waals surface area (Å²) in [6.45, 7) is 2.39. The van der Waals surface area contributed by atoms with Gasteiger partial charge in [0.2, 0.25) is 0 Å². The molecule has 0 aliphatic heterocycles. The quantitative estimate of drug-likeness (QED) is 0.516. The van der Waals surface area contributed by atoms with Crippen molar-refractivity contribution >= 4 is 28.1 Å². The lowest BCUT2D eigenvalue weighted by Gasteiger charge is -2.16. The maximum absolute atomic E-state index is 12.7. The monoisotopic (exact) mass is 411 g/mol. The van der Waals surface area contributed by atoms with Crippen LogP contribution in [-0.2, 0) is 17.6 Å². The molecule has 152 valence electrons. The summed E-state index contributed by atoms with van der Waals surface area (Å²) < 4.78 is 11.1. The molecule has 1 amide bonds. The van der Waals surface area contributed by atoms with Crippen molar-refractivity contribution < 1.29 is 14.3 Å². The number of thiazole rings is 1. The number of methoxy groups -OCH3 is 1. The topological polar surface area (TPSA) is 86.5 Å². The second-order valence-corrected chi connectivity index (χ2v) is 7.63. The number of hydrogen-bond donors (Lipinski definition) is 2. The molecule has 0 unspecified atom stereocenters. The Morgan fingerprint density at radius 1 is 1.24 bits per heavy atom. The van der Waals surface area contributed by atoms with E-state index in [0.717, 1.165) is 29.7 Å². The number of benzene rings is 2. The van der Waals surface area contributed by atoms with Crippen molar-refractivity contribution in [3.05, 3.63) is 70.7 Å². The molecule has 0 saturated carbocycles. The van der Waals surface area contributed by atoms with Gasteiger partial charge in [0, 0.05) is 29.9 Å². The van der Waals surface area contributed by atoms with E-state index in [2.05, 4.69) is 10.3 Å². The molecule has 3 N–H and O–H groups in total. The van der Waals surface area contributed by atoms with Gasteiger partial charge < -0.3 is 15.2 Å². The Kier molecular flexibility index (Phi) is 7.21. The van der Waals surface area contributed by atoms with E-state index in [1.165, 1.54) is 11.3 Å². The first-order valence-electron chi connectivity index (χ1n) is 9.39. The fourth-order valence-corrected chi connectivity index (χ4v) is 3.52. The van der Waals surface area contributed by atoms with Gasteiger partial charge in [0.15, 0.2) is 5.13 Å². The van der Waals surface area contributed by atoms with E-state index in [-0.39, 0.29) is 12.0 Å². The lowest BCUT2D eigenvalue weighted by atomic mass is 10.0. The molecule has 1 heterocycles. The first-order valence-corrected chi connectivity index (χ1v) is 10.3. The lowest BCUT2D eigenvalue weighted by Crippen LogP contribution is -2.19. The van der Waals surface area contributed by atoms with Crippen LogP contribution in [0, 0.1) is 0 Å². The summed E-state index contributed by atoms with van der Waals surface area (Å²) in [5.41, 5.74) is 9.44. The van der Waals surface area contributed by atoms with Crippen molar-refractivity contribution in [2.24, 2.45) is 0 Å². The number of anilines is 2. The van der Waals surface area contributed by atoms with Gasteiger partial charge in [0.05, 0.1) is 6.61 Å². The molecule has 1 atom stereocenters. The number of para-hydroxylation sites is 1. The van der Waals surface area contributed by atoms with Crippen LogP contribution in [0.2, 0.25) is 0 Å². The number of nitrogens with two attached hydrogens (primary N) is 1. The van der Waals surface area contributed by atoms with Gasteiger partial charge in [-0.25, -0.2) is 4.98 Å². The van der Waals surface area contributed by atoms with Crippen molar-refractivity contribution in [3.8, 4) is 5.75 Å². The lowest BCUT2D eigenvalue weighted by molar-refractivity contribution is 0.0916. The summed E-state index contributed by atoms with van der Waals surface area (Å²) >= 11 is 1.38. The Morgan fingerprint density at radius 3 is 2.79 bits per heavy atom. The number of carbonyl (C=O) groups excluding carboxylic acids is 1. The van der Waals surface area contributed by atoms with Crippen molar-refractivity contribution in [2.75, 3.05) is 24.8 Å². The number of aryl methyl sites for hydroxylation is 2. The normalized spacial score (nSPS) is 11.8. The highest BCUT2D eigenvalue weighted by Crippen LogP contribution is 2.23. The Morgan fingerprint density at radius 2 is 2.07 bits per heavy atom. The molecule has 0 aliphatic carbocycles. The zero-order valence-electron chi connectivity index (χ0n) is 16.6. The number of aromatic nitrogens is 1. The van der Waals surface area contributed by atoms with Crippen molar-refractivity contribution in [1.82, 2.24) is 4.98 Å². The molecule has 29 heavy (non-hydrogen) atoms. The summed E-state index contributed by atoms with van der Waals surface area (Å²) in [4.78, 5) is 16.8. The highest BCUT2D eigenvalue weighted by Gasteiger charge is 2.13. The van der Waals surface area contributed by atoms with Crippen molar-refractivity contribution in [3.63, 3.8) is 0 Å². The van der Waals surface area contributed by atoms with Crippen molar-refractivity contribution in [2.45, 2.75) is 25.9 Å². The number of ether oxygens (including phenoxy) is 2. The van der Waals surface area contributed by atoms with E-state index in [1.54, 1.807) is 19.4 Å². The van der Waals surface area contributed by atoms with Gasteiger partial charge in [-0.1, -0.05) is 18.2 Å². The number of carbonyl (C=O) groups is 1. The summed E-state index contributed by atoms with van der Waals surface area (Å²) in [6, 6.07) is 13.4. The molecule has 3 aromatic rings. The average Bonchev–Trinajstić information content (AvgIpc) is 3.20. The molecule has 0 aliphatic rings. The third kappa shape index (κ3) is 6.04. The molecule has 6 nitrogen and oxygen atoms in total. The number of amides is 1. The number of nitrogens with zero attached hydrogens (tertiary/aromatic N) is 1. The fourth-order valence-electron chi connectivity index (χ4n) is 3.00. The Hall–Kier alpha value is -2.90. The highest BCUT2D eigenvalue weighted by molar-refractivity contribution is 7.13. The molecule has 0 radical (unpaired) electrons. The second-order valence-electron chi connectivity index (χ2n) is 6.74. The third-order valence-electron chi connectivity index (χ3n) is 4.36. The maximum atomic E-state index is 12.7. The van der Waals surface area contributed by atoms with Crippen LogP contribution in [0.25, 0.3) is 0 Å². The zero-order chi connectivity index (χ0) is 20.6. The van der Waals surface area contributed by atoms with Crippen LogP contribution in [-0.4, -0.2) is 30.7 Å². The van der Waals surface area contributed by atoms with Crippen LogP contribution in [0.15, 0.2) is 54.0 Å². The van der Waals surface area contributed by atoms with E-state index < -0.39 is 0 Å². The minimum atomic E-state index is -0.217. The van der Waals surface area contributed by atoms with E-state index >= 15 is 0 Å². The number of hydrogen-bond acceptors (Lipinski definition) is 6. The maximum Gasteiger partial charge on any atom is 0.257 e. The highest BCUT2D eigenvalue weighted by atomic mass is 32.1. The van der Waals surface area contributed by atoms with Gasteiger partial charge in [-0.3, -0.25) is 10.1 Å². The SMILES string of the molecule is COC[C@H](C)Oc1cc(CCc2ccccc2N)cc(C(=O)Nc2nccs2)c1. The van der Waals surface area contributed by atoms with Gasteiger partial charge in [-0.2, -0.15) is 0 Å². The van der Waals surface area contributed by atoms with Crippen LogP contribution in [0.4, 0.5) is 10.8 Å². The number of nitrogen functional groups attached to an aromatic ring is 1. The molecule has 0 bridgehead atoms. The minimum absolute atomic E-state index is 0.130. The largest absolute Gasteiger partial charge is 0.488 e. The third-order valence-corrected chi connectivity index (χ3v) is 5.05. The van der Waals surface area contributed by atoms with Crippen molar-refractivity contribution in [1.29, 1.82) is 0 Å². The fraction of sp³-hybridized carbons (Fsp3) is 0.273. The number of nitrogens with one attached hydrogen (secondary N) is 1. The standard InChI is InChI=1S/C22H25N3O3S/c1-15(14-27-2)28-19-12-16(7-8-17-5-3-4-6-20(17)23)11-18(13-19)21(26)25-22-24-9-10-29-22/h3-6,9-13,15H,7-8,14,23H2,1-2H3,(H,24,25,26)/t15-/m0/s1. The number of rotatable bonds is 9. The molecular weight excluding hydrogens is 386 g/mol. The van der Waals surface area contributed by atoms with Gasteiger partial charge >= 0.3 is 0 Å². The predicted molar refractivity (Wildman–Crippen MR) is 117 cm³/mol. The Bertz CT molecular complexity index is 944. The molecule has 0 fully saturated rings. The van der Waals surface area contributed by atoms with Crippen LogP contribution in [0.1, 0.15) is 28.4 Å². The molecule has 0 saturated heterocycles. The van der Waals surface area contributed by atoms with Crippen LogP contribution < -0.4 is 15.8 Å².